The average molecular weight is 309 g/mol. The van der Waals surface area contributed by atoms with E-state index in [-0.39, 0.29) is 29.1 Å². The van der Waals surface area contributed by atoms with Crippen molar-refractivity contribution in [2.75, 3.05) is 0 Å². The quantitative estimate of drug-likeness (QED) is 0.554. The van der Waals surface area contributed by atoms with Gasteiger partial charge < -0.3 is 4.74 Å². The van der Waals surface area contributed by atoms with Crippen molar-refractivity contribution >= 4 is 23.2 Å². The standard InChI is InChI=1S/C14H16Cl2F2O/c1-6-7(2)19-8(3)13(6)14(16)9-4-11(17)12(18)5-10(9)15/h4-8,13-14H,1-3H3. The van der Waals surface area contributed by atoms with Crippen LogP contribution in [-0.4, -0.2) is 12.2 Å². The Hall–Kier alpha value is -0.380. The summed E-state index contributed by atoms with van der Waals surface area (Å²) in [4.78, 5) is 0. The smallest absolute Gasteiger partial charge is 0.160 e. The molecule has 2 rings (SSSR count). The Balaban J connectivity index is 2.34. The van der Waals surface area contributed by atoms with Gasteiger partial charge in [0.05, 0.1) is 17.6 Å². The minimum absolute atomic E-state index is 0.0130. The third-order valence-corrected chi connectivity index (χ3v) is 4.85. The van der Waals surface area contributed by atoms with E-state index in [9.17, 15) is 8.78 Å². The summed E-state index contributed by atoms with van der Waals surface area (Å²) in [5.74, 6) is -1.66. The highest BCUT2D eigenvalue weighted by Crippen LogP contribution is 2.45. The molecule has 0 amide bonds. The third kappa shape index (κ3) is 2.74. The molecule has 1 saturated heterocycles. The average Bonchev–Trinajstić information content (AvgIpc) is 2.57. The second-order valence-electron chi connectivity index (χ2n) is 5.17. The van der Waals surface area contributed by atoms with E-state index in [0.29, 0.717) is 5.56 Å². The first-order valence-electron chi connectivity index (χ1n) is 6.27. The molecule has 5 atom stereocenters. The summed E-state index contributed by atoms with van der Waals surface area (Å²) in [7, 11) is 0. The minimum atomic E-state index is -0.963. The number of ether oxygens (including phenoxy) is 1. The molecule has 0 saturated carbocycles. The molecule has 1 aliphatic rings. The summed E-state index contributed by atoms with van der Waals surface area (Å²) in [6.07, 6.45) is 0.0435. The van der Waals surface area contributed by atoms with Gasteiger partial charge in [-0.3, -0.25) is 0 Å². The largest absolute Gasteiger partial charge is 0.375 e. The van der Waals surface area contributed by atoms with E-state index in [1.807, 2.05) is 20.8 Å². The topological polar surface area (TPSA) is 9.23 Å². The van der Waals surface area contributed by atoms with E-state index in [0.717, 1.165) is 12.1 Å². The van der Waals surface area contributed by atoms with Gasteiger partial charge in [0.15, 0.2) is 11.6 Å². The summed E-state index contributed by atoms with van der Waals surface area (Å²) >= 11 is 12.4. The lowest BCUT2D eigenvalue weighted by Gasteiger charge is -2.25. The molecular formula is C14H16Cl2F2O. The van der Waals surface area contributed by atoms with Crippen LogP contribution in [0.3, 0.4) is 0 Å². The van der Waals surface area contributed by atoms with Gasteiger partial charge in [-0.1, -0.05) is 18.5 Å². The molecule has 1 nitrogen and oxygen atoms in total. The molecule has 1 aliphatic heterocycles. The molecule has 0 radical (unpaired) electrons. The Bertz CT molecular complexity index is 481. The molecule has 1 fully saturated rings. The fourth-order valence-electron chi connectivity index (χ4n) is 2.75. The van der Waals surface area contributed by atoms with Crippen molar-refractivity contribution in [3.63, 3.8) is 0 Å². The van der Waals surface area contributed by atoms with E-state index < -0.39 is 17.0 Å². The molecule has 1 heterocycles. The Morgan fingerprint density at radius 2 is 1.68 bits per heavy atom. The first-order chi connectivity index (χ1) is 8.82. The molecule has 1 aromatic carbocycles. The highest BCUT2D eigenvalue weighted by molar-refractivity contribution is 6.32. The van der Waals surface area contributed by atoms with Crippen LogP contribution < -0.4 is 0 Å². The van der Waals surface area contributed by atoms with Crippen molar-refractivity contribution < 1.29 is 13.5 Å². The summed E-state index contributed by atoms with van der Waals surface area (Å²) in [5, 5.41) is -0.351. The zero-order valence-corrected chi connectivity index (χ0v) is 12.5. The maximum Gasteiger partial charge on any atom is 0.160 e. The van der Waals surface area contributed by atoms with Crippen molar-refractivity contribution in [1.82, 2.24) is 0 Å². The van der Waals surface area contributed by atoms with Crippen LogP contribution in [0.25, 0.3) is 0 Å². The maximum absolute atomic E-state index is 13.4. The normalized spacial score (nSPS) is 32.6. The Morgan fingerprint density at radius 1 is 1.11 bits per heavy atom. The van der Waals surface area contributed by atoms with Crippen LogP contribution in [0.1, 0.15) is 31.7 Å². The summed E-state index contributed by atoms with van der Waals surface area (Å²) in [6, 6.07) is 2.05. The van der Waals surface area contributed by atoms with Gasteiger partial charge in [-0.25, -0.2) is 8.78 Å². The van der Waals surface area contributed by atoms with E-state index >= 15 is 0 Å². The number of rotatable bonds is 2. The SMILES string of the molecule is CC1OC(C)C(C(Cl)c2cc(F)c(F)cc2Cl)C1C. The van der Waals surface area contributed by atoms with Crippen molar-refractivity contribution in [2.24, 2.45) is 11.8 Å². The van der Waals surface area contributed by atoms with Gasteiger partial charge in [-0.2, -0.15) is 0 Å². The van der Waals surface area contributed by atoms with E-state index in [1.54, 1.807) is 0 Å². The summed E-state index contributed by atoms with van der Waals surface area (Å²) in [6.45, 7) is 5.97. The number of hydrogen-bond donors (Lipinski definition) is 0. The molecule has 0 aliphatic carbocycles. The molecule has 0 bridgehead atoms. The van der Waals surface area contributed by atoms with Crippen LogP contribution in [0.2, 0.25) is 5.02 Å². The lowest BCUT2D eigenvalue weighted by atomic mass is 9.84. The van der Waals surface area contributed by atoms with Gasteiger partial charge >= 0.3 is 0 Å². The zero-order valence-electron chi connectivity index (χ0n) is 11.0. The van der Waals surface area contributed by atoms with Crippen molar-refractivity contribution in [2.45, 2.75) is 38.4 Å². The molecule has 19 heavy (non-hydrogen) atoms. The first-order valence-corrected chi connectivity index (χ1v) is 7.08. The van der Waals surface area contributed by atoms with Gasteiger partial charge in [-0.15, -0.1) is 11.6 Å². The molecule has 5 unspecified atom stereocenters. The zero-order chi connectivity index (χ0) is 14.3. The molecule has 0 spiro atoms. The Morgan fingerprint density at radius 3 is 2.21 bits per heavy atom. The summed E-state index contributed by atoms with van der Waals surface area (Å²) < 4.78 is 32.2. The van der Waals surface area contributed by atoms with Crippen LogP contribution in [0.5, 0.6) is 0 Å². The highest BCUT2D eigenvalue weighted by Gasteiger charge is 2.42. The molecule has 1 aromatic rings. The highest BCUT2D eigenvalue weighted by atomic mass is 35.5. The van der Waals surface area contributed by atoms with Crippen LogP contribution in [-0.2, 0) is 4.74 Å². The first kappa shape index (κ1) is 15.0. The molecular weight excluding hydrogens is 293 g/mol. The van der Waals surface area contributed by atoms with Crippen LogP contribution in [0.15, 0.2) is 12.1 Å². The van der Waals surface area contributed by atoms with Gasteiger partial charge in [0.1, 0.15) is 0 Å². The summed E-state index contributed by atoms with van der Waals surface area (Å²) in [5.41, 5.74) is 0.420. The molecule has 0 N–H and O–H groups in total. The molecule has 106 valence electrons. The number of alkyl halides is 1. The number of benzene rings is 1. The molecule has 5 heteroatoms. The van der Waals surface area contributed by atoms with Gasteiger partial charge in [-0.05, 0) is 37.5 Å². The second kappa shape index (κ2) is 5.55. The van der Waals surface area contributed by atoms with Crippen molar-refractivity contribution in [3.8, 4) is 0 Å². The van der Waals surface area contributed by atoms with Crippen LogP contribution in [0.4, 0.5) is 8.78 Å². The predicted molar refractivity (Wildman–Crippen MR) is 72.6 cm³/mol. The number of hydrogen-bond acceptors (Lipinski definition) is 1. The lowest BCUT2D eigenvalue weighted by molar-refractivity contribution is 0.0508. The van der Waals surface area contributed by atoms with E-state index in [1.165, 1.54) is 0 Å². The van der Waals surface area contributed by atoms with Gasteiger partial charge in [0.2, 0.25) is 0 Å². The van der Waals surface area contributed by atoms with E-state index in [2.05, 4.69) is 0 Å². The van der Waals surface area contributed by atoms with Crippen LogP contribution >= 0.6 is 23.2 Å². The lowest BCUT2D eigenvalue weighted by Crippen LogP contribution is -2.22. The fourth-order valence-corrected chi connectivity index (χ4v) is 3.69. The van der Waals surface area contributed by atoms with Gasteiger partial charge in [0.25, 0.3) is 0 Å². The van der Waals surface area contributed by atoms with Gasteiger partial charge in [0, 0.05) is 10.9 Å². The fraction of sp³-hybridized carbons (Fsp3) is 0.571. The Labute approximate surface area is 121 Å². The maximum atomic E-state index is 13.4. The van der Waals surface area contributed by atoms with E-state index in [4.69, 9.17) is 27.9 Å². The van der Waals surface area contributed by atoms with Crippen molar-refractivity contribution in [1.29, 1.82) is 0 Å². The monoisotopic (exact) mass is 308 g/mol. The second-order valence-corrected chi connectivity index (χ2v) is 6.05. The predicted octanol–water partition coefficient (Wildman–Crippen LogP) is 4.96. The Kier molecular flexibility index (Phi) is 4.38. The van der Waals surface area contributed by atoms with Crippen LogP contribution in [0, 0.1) is 23.5 Å². The third-order valence-electron chi connectivity index (χ3n) is 3.99. The van der Waals surface area contributed by atoms with Crippen molar-refractivity contribution in [3.05, 3.63) is 34.4 Å². The number of halogens is 4. The minimum Gasteiger partial charge on any atom is -0.375 e. The molecule has 0 aromatic heterocycles.